The number of carbonyl (C=O) groups is 1. The zero-order chi connectivity index (χ0) is 15.5. The van der Waals surface area contributed by atoms with E-state index in [4.69, 9.17) is 5.84 Å². The number of aromatic nitrogens is 2. The first-order chi connectivity index (χ1) is 10.7. The minimum atomic E-state index is -0.217. The SMILES string of the molecule is Cc1ncccc1C(=O)Nc1cccc2c(NN)ccnc12. The number of anilines is 2. The van der Waals surface area contributed by atoms with E-state index in [2.05, 4.69) is 20.7 Å². The van der Waals surface area contributed by atoms with Gasteiger partial charge in [-0.3, -0.25) is 20.6 Å². The average molecular weight is 293 g/mol. The first-order valence-corrected chi connectivity index (χ1v) is 6.78. The molecule has 110 valence electrons. The van der Waals surface area contributed by atoms with Gasteiger partial charge in [-0.2, -0.15) is 0 Å². The zero-order valence-electron chi connectivity index (χ0n) is 12.0. The predicted octanol–water partition coefficient (Wildman–Crippen LogP) is 2.48. The van der Waals surface area contributed by atoms with E-state index in [9.17, 15) is 4.79 Å². The molecule has 22 heavy (non-hydrogen) atoms. The zero-order valence-corrected chi connectivity index (χ0v) is 12.0. The van der Waals surface area contributed by atoms with Crippen molar-refractivity contribution in [3.63, 3.8) is 0 Å². The van der Waals surface area contributed by atoms with Gasteiger partial charge in [-0.15, -0.1) is 0 Å². The van der Waals surface area contributed by atoms with E-state index in [-0.39, 0.29) is 5.91 Å². The van der Waals surface area contributed by atoms with Gasteiger partial charge in [0.1, 0.15) is 0 Å². The number of fused-ring (bicyclic) bond motifs is 1. The number of hydrogen-bond acceptors (Lipinski definition) is 5. The number of hydrazine groups is 1. The van der Waals surface area contributed by atoms with Gasteiger partial charge in [0.2, 0.25) is 0 Å². The van der Waals surface area contributed by atoms with Crippen LogP contribution in [-0.2, 0) is 0 Å². The molecule has 3 aromatic rings. The Kier molecular flexibility index (Phi) is 3.67. The molecule has 0 aliphatic carbocycles. The maximum Gasteiger partial charge on any atom is 0.257 e. The van der Waals surface area contributed by atoms with Gasteiger partial charge >= 0.3 is 0 Å². The minimum absolute atomic E-state index is 0.217. The van der Waals surface area contributed by atoms with Gasteiger partial charge in [-0.05, 0) is 31.2 Å². The van der Waals surface area contributed by atoms with Crippen LogP contribution in [0.25, 0.3) is 10.9 Å². The summed E-state index contributed by atoms with van der Waals surface area (Å²) in [6.45, 7) is 1.80. The molecule has 0 atom stereocenters. The van der Waals surface area contributed by atoms with E-state index >= 15 is 0 Å². The molecule has 4 N–H and O–H groups in total. The summed E-state index contributed by atoms with van der Waals surface area (Å²) in [5.41, 5.74) is 5.89. The highest BCUT2D eigenvalue weighted by atomic mass is 16.1. The number of para-hydroxylation sites is 1. The van der Waals surface area contributed by atoms with E-state index in [1.165, 1.54) is 0 Å². The lowest BCUT2D eigenvalue weighted by atomic mass is 10.1. The lowest BCUT2D eigenvalue weighted by molar-refractivity contribution is 0.102. The summed E-state index contributed by atoms with van der Waals surface area (Å²) >= 11 is 0. The van der Waals surface area contributed by atoms with E-state index < -0.39 is 0 Å². The largest absolute Gasteiger partial charge is 0.323 e. The molecule has 0 saturated heterocycles. The first kappa shape index (κ1) is 14.0. The number of nitrogen functional groups attached to an aromatic ring is 1. The number of amides is 1. The lowest BCUT2D eigenvalue weighted by Gasteiger charge is -2.11. The Morgan fingerprint density at radius 3 is 2.68 bits per heavy atom. The topological polar surface area (TPSA) is 92.9 Å². The van der Waals surface area contributed by atoms with E-state index in [0.29, 0.717) is 22.5 Å². The fraction of sp³-hybridized carbons (Fsp3) is 0.0625. The molecule has 1 amide bonds. The normalized spacial score (nSPS) is 10.5. The smallest absolute Gasteiger partial charge is 0.257 e. The fourth-order valence-electron chi connectivity index (χ4n) is 2.32. The van der Waals surface area contributed by atoms with Gasteiger partial charge in [-0.1, -0.05) is 12.1 Å². The van der Waals surface area contributed by atoms with Gasteiger partial charge in [-0.25, -0.2) is 0 Å². The van der Waals surface area contributed by atoms with Crippen molar-refractivity contribution in [2.75, 3.05) is 10.7 Å². The second-order valence-electron chi connectivity index (χ2n) is 4.80. The van der Waals surface area contributed by atoms with Crippen LogP contribution in [0.3, 0.4) is 0 Å². The number of rotatable bonds is 3. The minimum Gasteiger partial charge on any atom is -0.323 e. The number of benzene rings is 1. The number of hydrogen-bond donors (Lipinski definition) is 3. The monoisotopic (exact) mass is 293 g/mol. The van der Waals surface area contributed by atoms with Crippen molar-refractivity contribution in [3.05, 3.63) is 60.0 Å². The second-order valence-corrected chi connectivity index (χ2v) is 4.80. The quantitative estimate of drug-likeness (QED) is 0.509. The molecular weight excluding hydrogens is 278 g/mol. The average Bonchev–Trinajstić information content (AvgIpc) is 2.55. The van der Waals surface area contributed by atoms with Crippen molar-refractivity contribution in [1.82, 2.24) is 9.97 Å². The van der Waals surface area contributed by atoms with Crippen LogP contribution < -0.4 is 16.6 Å². The van der Waals surface area contributed by atoms with Gasteiger partial charge in [0.25, 0.3) is 5.91 Å². The van der Waals surface area contributed by atoms with Crippen LogP contribution in [0.1, 0.15) is 16.1 Å². The van der Waals surface area contributed by atoms with Crippen molar-refractivity contribution in [2.45, 2.75) is 6.92 Å². The van der Waals surface area contributed by atoms with Crippen molar-refractivity contribution >= 4 is 28.2 Å². The first-order valence-electron chi connectivity index (χ1n) is 6.78. The number of aryl methyl sites for hydroxylation is 1. The van der Waals surface area contributed by atoms with Crippen molar-refractivity contribution in [3.8, 4) is 0 Å². The lowest BCUT2D eigenvalue weighted by Crippen LogP contribution is -2.14. The summed E-state index contributed by atoms with van der Waals surface area (Å²) in [6.07, 6.45) is 3.30. The fourth-order valence-corrected chi connectivity index (χ4v) is 2.32. The van der Waals surface area contributed by atoms with E-state index in [0.717, 1.165) is 11.1 Å². The summed E-state index contributed by atoms with van der Waals surface area (Å²) < 4.78 is 0. The van der Waals surface area contributed by atoms with E-state index in [1.807, 2.05) is 12.1 Å². The number of nitrogens with zero attached hydrogens (tertiary/aromatic N) is 2. The molecule has 0 spiro atoms. The summed E-state index contributed by atoms with van der Waals surface area (Å²) in [7, 11) is 0. The molecule has 2 heterocycles. The van der Waals surface area contributed by atoms with Gasteiger partial charge in [0, 0.05) is 23.5 Å². The standard InChI is InChI=1S/C16H15N5O/c1-10-11(5-3-8-18-10)16(22)20-14-6-2-4-12-13(21-17)7-9-19-15(12)14/h2-9H,17H2,1H3,(H,19,21)(H,20,22). The van der Waals surface area contributed by atoms with Gasteiger partial charge in [0.05, 0.1) is 22.5 Å². The van der Waals surface area contributed by atoms with Crippen molar-refractivity contribution in [1.29, 1.82) is 0 Å². The third kappa shape index (κ3) is 2.47. The summed E-state index contributed by atoms with van der Waals surface area (Å²) in [4.78, 5) is 20.9. The maximum atomic E-state index is 12.4. The Labute approximate surface area is 127 Å². The highest BCUT2D eigenvalue weighted by molar-refractivity contribution is 6.10. The third-order valence-corrected chi connectivity index (χ3v) is 3.43. The number of nitrogens with one attached hydrogen (secondary N) is 2. The van der Waals surface area contributed by atoms with Crippen LogP contribution >= 0.6 is 0 Å². The van der Waals surface area contributed by atoms with Crippen LogP contribution in [-0.4, -0.2) is 15.9 Å². The Morgan fingerprint density at radius 1 is 1.05 bits per heavy atom. The summed E-state index contributed by atoms with van der Waals surface area (Å²) in [5, 5.41) is 3.72. The van der Waals surface area contributed by atoms with Gasteiger partial charge in [0.15, 0.2) is 0 Å². The summed E-state index contributed by atoms with van der Waals surface area (Å²) in [5.74, 6) is 5.29. The second kappa shape index (κ2) is 5.79. The van der Waals surface area contributed by atoms with Crippen LogP contribution in [0.5, 0.6) is 0 Å². The molecular formula is C16H15N5O. The molecule has 6 nitrogen and oxygen atoms in total. The van der Waals surface area contributed by atoms with Crippen LogP contribution in [0.15, 0.2) is 48.8 Å². The molecule has 2 aromatic heterocycles. The number of carbonyl (C=O) groups excluding carboxylic acids is 1. The van der Waals surface area contributed by atoms with Gasteiger partial charge < -0.3 is 10.7 Å². The van der Waals surface area contributed by atoms with Crippen molar-refractivity contribution < 1.29 is 4.79 Å². The molecule has 0 radical (unpaired) electrons. The molecule has 0 fully saturated rings. The molecule has 0 aliphatic rings. The third-order valence-electron chi connectivity index (χ3n) is 3.43. The Balaban J connectivity index is 2.01. The van der Waals surface area contributed by atoms with Crippen LogP contribution in [0.4, 0.5) is 11.4 Å². The number of nitrogens with two attached hydrogens (primary N) is 1. The summed E-state index contributed by atoms with van der Waals surface area (Å²) in [6, 6.07) is 10.8. The Hall–Kier alpha value is -2.99. The van der Waals surface area contributed by atoms with Crippen LogP contribution in [0, 0.1) is 6.92 Å². The molecule has 6 heteroatoms. The van der Waals surface area contributed by atoms with Crippen LogP contribution in [0.2, 0.25) is 0 Å². The predicted molar refractivity (Wildman–Crippen MR) is 86.5 cm³/mol. The highest BCUT2D eigenvalue weighted by Gasteiger charge is 2.12. The molecule has 1 aromatic carbocycles. The molecule has 0 aliphatic heterocycles. The van der Waals surface area contributed by atoms with E-state index in [1.54, 1.807) is 43.6 Å². The highest BCUT2D eigenvalue weighted by Crippen LogP contribution is 2.27. The maximum absolute atomic E-state index is 12.4. The van der Waals surface area contributed by atoms with Crippen molar-refractivity contribution in [2.24, 2.45) is 5.84 Å². The Morgan fingerprint density at radius 2 is 1.91 bits per heavy atom. The molecule has 0 bridgehead atoms. The molecule has 0 saturated carbocycles. The number of pyridine rings is 2. The molecule has 3 rings (SSSR count). The molecule has 0 unspecified atom stereocenters. The Bertz CT molecular complexity index is 847.